The zero-order valence-electron chi connectivity index (χ0n) is 13.3. The summed E-state index contributed by atoms with van der Waals surface area (Å²) in [6.45, 7) is 3.88. The third kappa shape index (κ3) is 2.93. The summed E-state index contributed by atoms with van der Waals surface area (Å²) in [5, 5.41) is 3.23. The van der Waals surface area contributed by atoms with Gasteiger partial charge < -0.3 is 15.1 Å². The van der Waals surface area contributed by atoms with E-state index in [9.17, 15) is 22.8 Å². The number of hydrogen-bond donors (Lipinski definition) is 1. The first-order chi connectivity index (χ1) is 10.6. The predicted octanol–water partition coefficient (Wildman–Crippen LogP) is 1.28. The van der Waals surface area contributed by atoms with Gasteiger partial charge in [-0.15, -0.1) is 0 Å². The molecule has 8 heteroatoms. The van der Waals surface area contributed by atoms with Crippen molar-refractivity contribution >= 4 is 11.8 Å². The Balaban J connectivity index is 1.73. The number of carbonyl (C=O) groups is 2. The van der Waals surface area contributed by atoms with Crippen LogP contribution >= 0.6 is 0 Å². The van der Waals surface area contributed by atoms with E-state index in [0.717, 1.165) is 17.7 Å². The van der Waals surface area contributed by atoms with Crippen molar-refractivity contribution in [3.63, 3.8) is 0 Å². The van der Waals surface area contributed by atoms with E-state index in [1.54, 1.807) is 11.8 Å². The Morgan fingerprint density at radius 3 is 2.30 bits per heavy atom. The Kier molecular flexibility index (Phi) is 3.85. The SMILES string of the molecule is C[C@H]1CC[C@@H](C(=O)N2CC3(CC3)N(C(=O)C(F)(F)F)C[C@@H]2C)N1. The topological polar surface area (TPSA) is 52.7 Å². The lowest BCUT2D eigenvalue weighted by molar-refractivity contribution is -0.193. The molecule has 1 aliphatic carbocycles. The maximum Gasteiger partial charge on any atom is 0.471 e. The molecule has 3 aliphatic rings. The van der Waals surface area contributed by atoms with Crippen LogP contribution in [0, 0.1) is 0 Å². The third-order valence-electron chi connectivity index (χ3n) is 5.29. The Labute approximate surface area is 133 Å². The van der Waals surface area contributed by atoms with E-state index >= 15 is 0 Å². The fourth-order valence-electron chi connectivity index (χ4n) is 3.76. The number of nitrogens with zero attached hydrogens (tertiary/aromatic N) is 2. The van der Waals surface area contributed by atoms with Crippen LogP contribution in [0.2, 0.25) is 0 Å². The molecule has 0 radical (unpaired) electrons. The van der Waals surface area contributed by atoms with E-state index in [1.165, 1.54) is 0 Å². The molecular formula is C15H22F3N3O2. The van der Waals surface area contributed by atoms with Crippen LogP contribution in [0.5, 0.6) is 0 Å². The van der Waals surface area contributed by atoms with Crippen molar-refractivity contribution in [1.82, 2.24) is 15.1 Å². The first-order valence-electron chi connectivity index (χ1n) is 8.09. The van der Waals surface area contributed by atoms with Crippen molar-refractivity contribution in [3.8, 4) is 0 Å². The lowest BCUT2D eigenvalue weighted by Crippen LogP contribution is -2.65. The van der Waals surface area contributed by atoms with Crippen molar-refractivity contribution in [3.05, 3.63) is 0 Å². The van der Waals surface area contributed by atoms with Crippen LogP contribution in [0.25, 0.3) is 0 Å². The van der Waals surface area contributed by atoms with Crippen LogP contribution in [0.4, 0.5) is 13.2 Å². The molecule has 2 saturated heterocycles. The minimum atomic E-state index is -4.86. The molecule has 23 heavy (non-hydrogen) atoms. The second-order valence-electron chi connectivity index (χ2n) is 7.15. The number of piperazine rings is 1. The van der Waals surface area contributed by atoms with Crippen LogP contribution in [-0.4, -0.2) is 64.5 Å². The second kappa shape index (κ2) is 5.36. The highest BCUT2D eigenvalue weighted by atomic mass is 19.4. The standard InChI is InChI=1S/C15H22F3N3O2/c1-9-3-4-11(19-9)12(22)20-8-14(5-6-14)21(7-10(20)2)13(23)15(16,17)18/h9-11,19H,3-8H2,1-2H3/t9-,10-,11-/m0/s1. The van der Waals surface area contributed by atoms with Crippen molar-refractivity contribution in [2.75, 3.05) is 13.1 Å². The highest BCUT2D eigenvalue weighted by Gasteiger charge is 2.60. The van der Waals surface area contributed by atoms with E-state index in [1.807, 2.05) is 6.92 Å². The fraction of sp³-hybridized carbons (Fsp3) is 0.867. The predicted molar refractivity (Wildman–Crippen MR) is 76.5 cm³/mol. The molecule has 3 rings (SSSR count). The van der Waals surface area contributed by atoms with Crippen LogP contribution in [-0.2, 0) is 9.59 Å². The Morgan fingerprint density at radius 2 is 1.83 bits per heavy atom. The zero-order valence-corrected chi connectivity index (χ0v) is 13.3. The van der Waals surface area contributed by atoms with Gasteiger partial charge in [-0.3, -0.25) is 9.59 Å². The van der Waals surface area contributed by atoms with Crippen LogP contribution in [0.15, 0.2) is 0 Å². The van der Waals surface area contributed by atoms with Gasteiger partial charge in [0.2, 0.25) is 5.91 Å². The molecule has 0 aromatic heterocycles. The summed E-state index contributed by atoms with van der Waals surface area (Å²) >= 11 is 0. The molecule has 3 atom stereocenters. The van der Waals surface area contributed by atoms with E-state index in [2.05, 4.69) is 5.32 Å². The fourth-order valence-corrected chi connectivity index (χ4v) is 3.76. The van der Waals surface area contributed by atoms with Gasteiger partial charge in [-0.25, -0.2) is 0 Å². The molecule has 0 bridgehead atoms. The number of nitrogens with one attached hydrogen (secondary N) is 1. The average molecular weight is 333 g/mol. The first kappa shape index (κ1) is 16.5. The van der Waals surface area contributed by atoms with E-state index < -0.39 is 23.7 Å². The summed E-state index contributed by atoms with van der Waals surface area (Å²) in [6.07, 6.45) is -2.13. The lowest BCUT2D eigenvalue weighted by atomic mass is 10.0. The van der Waals surface area contributed by atoms with Gasteiger partial charge in [0, 0.05) is 25.2 Å². The van der Waals surface area contributed by atoms with Crippen molar-refractivity contribution in [2.24, 2.45) is 0 Å². The quantitative estimate of drug-likeness (QED) is 0.787. The van der Waals surface area contributed by atoms with Gasteiger partial charge in [0.15, 0.2) is 0 Å². The Hall–Kier alpha value is -1.31. The normalized spacial score (nSPS) is 33.2. The monoisotopic (exact) mass is 333 g/mol. The minimum absolute atomic E-state index is 0.0489. The number of alkyl halides is 3. The summed E-state index contributed by atoms with van der Waals surface area (Å²) in [5.74, 6) is -1.83. The smallest absolute Gasteiger partial charge is 0.335 e. The van der Waals surface area contributed by atoms with Gasteiger partial charge in [-0.05, 0) is 39.5 Å². The number of carbonyl (C=O) groups excluding carboxylic acids is 2. The molecule has 2 heterocycles. The number of halogens is 3. The molecule has 2 amide bonds. The third-order valence-corrected chi connectivity index (χ3v) is 5.29. The van der Waals surface area contributed by atoms with Crippen molar-refractivity contribution in [2.45, 2.75) is 69.4 Å². The summed E-state index contributed by atoms with van der Waals surface area (Å²) in [5.41, 5.74) is -0.807. The van der Waals surface area contributed by atoms with Crippen LogP contribution in [0.3, 0.4) is 0 Å². The van der Waals surface area contributed by atoms with E-state index in [4.69, 9.17) is 0 Å². The molecule has 0 aromatic rings. The zero-order chi connectivity index (χ0) is 17.0. The Morgan fingerprint density at radius 1 is 1.17 bits per heavy atom. The maximum atomic E-state index is 12.8. The Bertz CT molecular complexity index is 519. The molecule has 1 saturated carbocycles. The van der Waals surface area contributed by atoms with Gasteiger partial charge in [0.25, 0.3) is 0 Å². The average Bonchev–Trinajstić information content (AvgIpc) is 3.10. The maximum absolute atomic E-state index is 12.8. The second-order valence-corrected chi connectivity index (χ2v) is 7.15. The van der Waals surface area contributed by atoms with Gasteiger partial charge in [-0.2, -0.15) is 13.2 Å². The molecular weight excluding hydrogens is 311 g/mol. The van der Waals surface area contributed by atoms with Crippen molar-refractivity contribution in [1.29, 1.82) is 0 Å². The van der Waals surface area contributed by atoms with Gasteiger partial charge in [0.1, 0.15) is 0 Å². The number of hydrogen-bond acceptors (Lipinski definition) is 3. The summed E-state index contributed by atoms with van der Waals surface area (Å²) in [6, 6.07) is -0.381. The first-order valence-corrected chi connectivity index (χ1v) is 8.09. The van der Waals surface area contributed by atoms with Gasteiger partial charge in [-0.1, -0.05) is 0 Å². The summed E-state index contributed by atoms with van der Waals surface area (Å²) < 4.78 is 38.4. The lowest BCUT2D eigenvalue weighted by Gasteiger charge is -2.46. The highest BCUT2D eigenvalue weighted by molar-refractivity contribution is 5.85. The molecule has 0 unspecified atom stereocenters. The van der Waals surface area contributed by atoms with E-state index in [-0.39, 0.29) is 31.1 Å². The van der Waals surface area contributed by atoms with Gasteiger partial charge in [0.05, 0.1) is 11.6 Å². The van der Waals surface area contributed by atoms with Crippen LogP contribution < -0.4 is 5.32 Å². The van der Waals surface area contributed by atoms with E-state index in [0.29, 0.717) is 12.8 Å². The number of amides is 2. The molecule has 1 spiro atoms. The molecule has 3 fully saturated rings. The summed E-state index contributed by atoms with van der Waals surface area (Å²) in [7, 11) is 0. The minimum Gasteiger partial charge on any atom is -0.335 e. The largest absolute Gasteiger partial charge is 0.471 e. The highest BCUT2D eigenvalue weighted by Crippen LogP contribution is 2.47. The molecule has 0 aromatic carbocycles. The van der Waals surface area contributed by atoms with Crippen molar-refractivity contribution < 1.29 is 22.8 Å². The summed E-state index contributed by atoms with van der Waals surface area (Å²) in [4.78, 5) is 27.0. The molecule has 5 nitrogen and oxygen atoms in total. The molecule has 2 aliphatic heterocycles. The van der Waals surface area contributed by atoms with Gasteiger partial charge >= 0.3 is 12.1 Å². The van der Waals surface area contributed by atoms with Crippen LogP contribution in [0.1, 0.15) is 39.5 Å². The number of rotatable bonds is 1. The molecule has 1 N–H and O–H groups in total. The molecule has 130 valence electrons.